The molecule has 32 heavy (non-hydrogen) atoms. The Bertz CT molecular complexity index is 1260. The van der Waals surface area contributed by atoms with E-state index in [1.807, 2.05) is 41.0 Å². The number of nitrogens with zero attached hydrogens (tertiary/aromatic N) is 4. The zero-order chi connectivity index (χ0) is 22.5. The van der Waals surface area contributed by atoms with Crippen molar-refractivity contribution in [1.29, 1.82) is 0 Å². The molecule has 0 atom stereocenters. The summed E-state index contributed by atoms with van der Waals surface area (Å²) in [6, 6.07) is 18.5. The van der Waals surface area contributed by atoms with Gasteiger partial charge in [0.05, 0.1) is 15.8 Å². The highest BCUT2D eigenvalue weighted by molar-refractivity contribution is 9.11. The van der Waals surface area contributed by atoms with E-state index in [1.54, 1.807) is 30.5 Å². The van der Waals surface area contributed by atoms with Gasteiger partial charge in [0.1, 0.15) is 0 Å². The van der Waals surface area contributed by atoms with Gasteiger partial charge in [0.2, 0.25) is 0 Å². The fraction of sp³-hybridized carbons (Fsp3) is 0.0476. The van der Waals surface area contributed by atoms with E-state index in [1.165, 1.54) is 23.1 Å². The minimum absolute atomic E-state index is 0.123. The maximum absolute atomic E-state index is 12.3. The molecule has 1 amide bonds. The van der Waals surface area contributed by atoms with E-state index >= 15 is 0 Å². The molecule has 2 aromatic heterocycles. The van der Waals surface area contributed by atoms with E-state index in [0.29, 0.717) is 21.0 Å². The van der Waals surface area contributed by atoms with Gasteiger partial charge in [-0.05, 0) is 76.6 Å². The Kier molecular flexibility index (Phi) is 7.64. The summed E-state index contributed by atoms with van der Waals surface area (Å²) in [5, 5.41) is 14.5. The van der Waals surface area contributed by atoms with Gasteiger partial charge in [-0.15, -0.1) is 21.5 Å². The lowest BCUT2D eigenvalue weighted by Crippen LogP contribution is -2.19. The average molecular weight is 567 g/mol. The number of carbonyl (C=O) groups is 1. The number of thiophene rings is 1. The summed E-state index contributed by atoms with van der Waals surface area (Å²) in [7, 11) is 0. The largest absolute Gasteiger partial charge is 0.272 e. The van der Waals surface area contributed by atoms with Gasteiger partial charge in [-0.2, -0.15) is 5.10 Å². The summed E-state index contributed by atoms with van der Waals surface area (Å²) in [5.74, 6) is 0.506. The van der Waals surface area contributed by atoms with Gasteiger partial charge in [-0.3, -0.25) is 9.36 Å². The van der Waals surface area contributed by atoms with Crippen LogP contribution in [0.15, 0.2) is 74.7 Å². The first-order valence-electron chi connectivity index (χ1n) is 9.17. The van der Waals surface area contributed by atoms with Crippen LogP contribution in [0.4, 0.5) is 0 Å². The van der Waals surface area contributed by atoms with Gasteiger partial charge >= 0.3 is 0 Å². The molecule has 0 unspecified atom stereocenters. The first kappa shape index (κ1) is 23.0. The molecule has 0 saturated carbocycles. The van der Waals surface area contributed by atoms with E-state index in [2.05, 4.69) is 36.7 Å². The summed E-state index contributed by atoms with van der Waals surface area (Å²) in [6.07, 6.45) is 1.60. The van der Waals surface area contributed by atoms with Crippen molar-refractivity contribution in [3.05, 3.63) is 79.4 Å². The van der Waals surface area contributed by atoms with E-state index in [4.69, 9.17) is 23.2 Å². The monoisotopic (exact) mass is 565 g/mol. The number of amides is 1. The van der Waals surface area contributed by atoms with Crippen LogP contribution in [0.1, 0.15) is 4.88 Å². The molecule has 0 fully saturated rings. The second kappa shape index (κ2) is 10.6. The number of thioether (sulfide) groups is 1. The van der Waals surface area contributed by atoms with Crippen molar-refractivity contribution in [3.8, 4) is 17.1 Å². The van der Waals surface area contributed by atoms with Crippen molar-refractivity contribution in [2.45, 2.75) is 5.16 Å². The molecule has 0 spiro atoms. The Morgan fingerprint density at radius 2 is 1.75 bits per heavy atom. The molecule has 4 aromatic rings. The lowest BCUT2D eigenvalue weighted by molar-refractivity contribution is -0.118. The van der Waals surface area contributed by atoms with E-state index in [9.17, 15) is 4.79 Å². The second-order valence-corrected chi connectivity index (χ2v) is 10.7. The molecule has 0 bridgehead atoms. The van der Waals surface area contributed by atoms with Gasteiger partial charge in [0.25, 0.3) is 5.91 Å². The minimum Gasteiger partial charge on any atom is -0.272 e. The summed E-state index contributed by atoms with van der Waals surface area (Å²) in [6.45, 7) is 0. The molecule has 1 N–H and O–H groups in total. The fourth-order valence-electron chi connectivity index (χ4n) is 2.70. The van der Waals surface area contributed by atoms with Crippen molar-refractivity contribution in [3.63, 3.8) is 0 Å². The van der Waals surface area contributed by atoms with Crippen molar-refractivity contribution < 1.29 is 4.79 Å². The quantitative estimate of drug-likeness (QED) is 0.162. The average Bonchev–Trinajstić information content (AvgIpc) is 3.39. The highest BCUT2D eigenvalue weighted by Crippen LogP contribution is 2.29. The van der Waals surface area contributed by atoms with Crippen LogP contribution in [0.2, 0.25) is 10.0 Å². The predicted molar refractivity (Wildman–Crippen MR) is 135 cm³/mol. The van der Waals surface area contributed by atoms with E-state index in [0.717, 1.165) is 19.9 Å². The number of benzene rings is 2. The highest BCUT2D eigenvalue weighted by atomic mass is 79.9. The fourth-order valence-corrected chi connectivity index (χ4v) is 4.99. The smallest absolute Gasteiger partial charge is 0.250 e. The zero-order valence-corrected chi connectivity index (χ0v) is 20.9. The van der Waals surface area contributed by atoms with Crippen molar-refractivity contribution in [1.82, 2.24) is 20.2 Å². The normalized spacial score (nSPS) is 11.2. The summed E-state index contributed by atoms with van der Waals surface area (Å²) in [4.78, 5) is 13.2. The Labute approximate surface area is 210 Å². The van der Waals surface area contributed by atoms with Crippen LogP contribution in [-0.4, -0.2) is 32.6 Å². The third-order valence-electron chi connectivity index (χ3n) is 4.13. The first-order valence-corrected chi connectivity index (χ1v) is 12.5. The molecule has 0 saturated heterocycles. The van der Waals surface area contributed by atoms with Gasteiger partial charge < -0.3 is 0 Å². The second-order valence-electron chi connectivity index (χ2n) is 6.35. The van der Waals surface area contributed by atoms with Crippen LogP contribution in [0.5, 0.6) is 0 Å². The molecule has 0 radical (unpaired) electrons. The number of nitrogens with one attached hydrogen (secondary N) is 1. The SMILES string of the molecule is O=C(CSc1nnc(-c2ccc(Cl)cc2)n1-c1ccc(Cl)cc1)N/N=C\c1ccc(Br)s1. The van der Waals surface area contributed by atoms with E-state index in [-0.39, 0.29) is 11.7 Å². The Hall–Kier alpha value is -2.17. The Balaban J connectivity index is 1.52. The minimum atomic E-state index is -0.249. The highest BCUT2D eigenvalue weighted by Gasteiger charge is 2.17. The number of hydrazone groups is 1. The lowest BCUT2D eigenvalue weighted by Gasteiger charge is -2.10. The molecular formula is C21H14BrCl2N5OS2. The number of hydrogen-bond acceptors (Lipinski definition) is 6. The molecule has 162 valence electrons. The molecule has 0 aliphatic heterocycles. The van der Waals surface area contributed by atoms with Crippen LogP contribution < -0.4 is 5.43 Å². The van der Waals surface area contributed by atoms with Crippen LogP contribution >= 0.6 is 62.2 Å². The van der Waals surface area contributed by atoms with Gasteiger partial charge in [0.15, 0.2) is 11.0 Å². The molecule has 0 aliphatic carbocycles. The lowest BCUT2D eigenvalue weighted by atomic mass is 10.2. The molecule has 2 aromatic carbocycles. The predicted octanol–water partition coefficient (Wildman–Crippen LogP) is 6.31. The molecular weight excluding hydrogens is 553 g/mol. The number of halogens is 3. The van der Waals surface area contributed by atoms with Crippen molar-refractivity contribution in [2.24, 2.45) is 5.10 Å². The van der Waals surface area contributed by atoms with Crippen molar-refractivity contribution >= 4 is 74.4 Å². The van der Waals surface area contributed by atoms with Crippen LogP contribution in [0.3, 0.4) is 0 Å². The maximum atomic E-state index is 12.3. The number of hydrogen-bond donors (Lipinski definition) is 1. The van der Waals surface area contributed by atoms with Gasteiger partial charge in [-0.25, -0.2) is 5.43 Å². The van der Waals surface area contributed by atoms with Crippen LogP contribution in [-0.2, 0) is 4.79 Å². The van der Waals surface area contributed by atoms with Crippen molar-refractivity contribution in [2.75, 3.05) is 5.75 Å². The Morgan fingerprint density at radius 1 is 1.06 bits per heavy atom. The molecule has 6 nitrogen and oxygen atoms in total. The third-order valence-corrected chi connectivity index (χ3v) is 7.12. The third kappa shape index (κ3) is 5.79. The number of aromatic nitrogens is 3. The first-order chi connectivity index (χ1) is 15.5. The van der Waals surface area contributed by atoms with E-state index < -0.39 is 0 Å². The van der Waals surface area contributed by atoms with Crippen LogP contribution in [0.25, 0.3) is 17.1 Å². The maximum Gasteiger partial charge on any atom is 0.250 e. The molecule has 4 rings (SSSR count). The van der Waals surface area contributed by atoms with Gasteiger partial charge in [-0.1, -0.05) is 35.0 Å². The van der Waals surface area contributed by atoms with Gasteiger partial charge in [0, 0.05) is 26.2 Å². The zero-order valence-electron chi connectivity index (χ0n) is 16.2. The molecule has 11 heteroatoms. The van der Waals surface area contributed by atoms with Crippen LogP contribution in [0, 0.1) is 0 Å². The Morgan fingerprint density at radius 3 is 2.41 bits per heavy atom. The summed E-state index contributed by atoms with van der Waals surface area (Å²) < 4.78 is 2.88. The number of carbonyl (C=O) groups excluding carboxylic acids is 1. The standard InChI is InChI=1S/C21H14BrCl2N5OS2/c22-18-10-9-17(32-18)11-25-26-19(30)12-31-21-28-27-20(13-1-3-14(23)4-2-13)29(21)16-7-5-15(24)6-8-16/h1-11H,12H2,(H,26,30)/b25-11-. The molecule has 0 aliphatic rings. The number of rotatable bonds is 7. The molecule has 2 heterocycles. The summed E-state index contributed by atoms with van der Waals surface area (Å²) >= 11 is 18.3. The summed E-state index contributed by atoms with van der Waals surface area (Å²) in [5.41, 5.74) is 4.21. The topological polar surface area (TPSA) is 72.2 Å².